The Kier molecular flexibility index (Phi) is 4.26. The van der Waals surface area contributed by atoms with Gasteiger partial charge in [-0.25, -0.2) is 14.5 Å². The summed E-state index contributed by atoms with van der Waals surface area (Å²) < 4.78 is 0. The highest BCUT2D eigenvalue weighted by molar-refractivity contribution is 7.99. The number of imide groups is 1. The smallest absolute Gasteiger partial charge is 0.308 e. The summed E-state index contributed by atoms with van der Waals surface area (Å²) in [5, 5.41) is 2.76. The molecule has 0 radical (unpaired) electrons. The molecule has 4 amide bonds. The zero-order chi connectivity index (χ0) is 11.4. The van der Waals surface area contributed by atoms with E-state index >= 15 is 0 Å². The third kappa shape index (κ3) is 2.56. The van der Waals surface area contributed by atoms with Gasteiger partial charge in [-0.15, -0.1) is 11.8 Å². The molecule has 1 aliphatic heterocycles. The number of unbranched alkanes of at least 4 members (excludes halogenated alkanes) is 1. The van der Waals surface area contributed by atoms with Crippen LogP contribution in [0.15, 0.2) is 0 Å². The first kappa shape index (κ1) is 12.2. The standard InChI is InChI=1S/C9H17N3O2S/c1-4-5-6-12-8(15-3)10-7(13)11(2)9(12)14/h8H,4-6H2,1-3H3,(H,10,13). The molecule has 5 nitrogen and oxygen atoms in total. The van der Waals surface area contributed by atoms with Crippen LogP contribution in [0.5, 0.6) is 0 Å². The first-order valence-electron chi connectivity index (χ1n) is 4.99. The lowest BCUT2D eigenvalue weighted by Gasteiger charge is -2.38. The summed E-state index contributed by atoms with van der Waals surface area (Å²) in [4.78, 5) is 25.9. The fourth-order valence-electron chi connectivity index (χ4n) is 1.39. The van der Waals surface area contributed by atoms with Crippen LogP contribution in [-0.2, 0) is 0 Å². The van der Waals surface area contributed by atoms with Crippen LogP contribution in [0.4, 0.5) is 9.59 Å². The van der Waals surface area contributed by atoms with Crippen molar-refractivity contribution >= 4 is 23.8 Å². The molecular formula is C9H17N3O2S. The predicted molar refractivity (Wildman–Crippen MR) is 60.6 cm³/mol. The molecule has 86 valence electrons. The number of rotatable bonds is 4. The molecule has 0 saturated carbocycles. The number of nitrogens with zero attached hydrogens (tertiary/aromatic N) is 2. The average Bonchev–Trinajstić information content (AvgIpc) is 2.24. The number of hydrogen-bond acceptors (Lipinski definition) is 3. The van der Waals surface area contributed by atoms with E-state index in [0.717, 1.165) is 17.7 Å². The maximum atomic E-state index is 11.8. The van der Waals surface area contributed by atoms with E-state index in [1.807, 2.05) is 6.26 Å². The van der Waals surface area contributed by atoms with Crippen molar-refractivity contribution in [1.29, 1.82) is 0 Å². The number of nitrogens with one attached hydrogen (secondary N) is 1. The van der Waals surface area contributed by atoms with Crippen molar-refractivity contribution in [3.8, 4) is 0 Å². The van der Waals surface area contributed by atoms with Crippen molar-refractivity contribution in [2.75, 3.05) is 19.8 Å². The second kappa shape index (κ2) is 5.25. The van der Waals surface area contributed by atoms with Crippen molar-refractivity contribution in [1.82, 2.24) is 15.1 Å². The normalized spacial score (nSPS) is 21.9. The Bertz CT molecular complexity index is 260. The minimum atomic E-state index is -0.327. The highest BCUT2D eigenvalue weighted by Gasteiger charge is 2.34. The number of thioether (sulfide) groups is 1. The van der Waals surface area contributed by atoms with E-state index in [4.69, 9.17) is 0 Å². The summed E-state index contributed by atoms with van der Waals surface area (Å²) in [7, 11) is 1.49. The van der Waals surface area contributed by atoms with Crippen molar-refractivity contribution in [2.24, 2.45) is 0 Å². The van der Waals surface area contributed by atoms with E-state index in [-0.39, 0.29) is 17.6 Å². The van der Waals surface area contributed by atoms with E-state index in [1.54, 1.807) is 4.90 Å². The van der Waals surface area contributed by atoms with Crippen LogP contribution in [0.2, 0.25) is 0 Å². The molecule has 15 heavy (non-hydrogen) atoms. The van der Waals surface area contributed by atoms with Gasteiger partial charge < -0.3 is 5.32 Å². The van der Waals surface area contributed by atoms with Gasteiger partial charge in [0.25, 0.3) is 0 Å². The Labute approximate surface area is 94.2 Å². The van der Waals surface area contributed by atoms with Gasteiger partial charge in [0.15, 0.2) is 5.50 Å². The first-order valence-corrected chi connectivity index (χ1v) is 6.28. The van der Waals surface area contributed by atoms with Gasteiger partial charge in [0.05, 0.1) is 0 Å². The lowest BCUT2D eigenvalue weighted by molar-refractivity contribution is 0.132. The summed E-state index contributed by atoms with van der Waals surface area (Å²) in [5.41, 5.74) is -0.229. The molecule has 1 unspecified atom stereocenters. The molecule has 0 bridgehead atoms. The summed E-state index contributed by atoms with van der Waals surface area (Å²) in [6.45, 7) is 2.76. The molecule has 0 aliphatic carbocycles. The third-order valence-corrected chi connectivity index (χ3v) is 3.16. The number of hydrogen-bond donors (Lipinski definition) is 1. The predicted octanol–water partition coefficient (Wildman–Crippen LogP) is 1.51. The maximum absolute atomic E-state index is 11.8. The summed E-state index contributed by atoms with van der Waals surface area (Å²) in [5.74, 6) is 0. The van der Waals surface area contributed by atoms with Crippen LogP contribution < -0.4 is 5.32 Å². The Morgan fingerprint density at radius 3 is 2.67 bits per heavy atom. The lowest BCUT2D eigenvalue weighted by atomic mass is 10.3. The van der Waals surface area contributed by atoms with Gasteiger partial charge in [0.2, 0.25) is 0 Å². The average molecular weight is 231 g/mol. The van der Waals surface area contributed by atoms with Gasteiger partial charge in [-0.05, 0) is 12.7 Å². The molecular weight excluding hydrogens is 214 g/mol. The molecule has 0 spiro atoms. The summed E-state index contributed by atoms with van der Waals surface area (Å²) in [6, 6.07) is -0.543. The molecule has 0 aromatic carbocycles. The monoisotopic (exact) mass is 231 g/mol. The van der Waals surface area contributed by atoms with Crippen molar-refractivity contribution < 1.29 is 9.59 Å². The van der Waals surface area contributed by atoms with E-state index in [0.29, 0.717) is 6.54 Å². The Morgan fingerprint density at radius 1 is 1.47 bits per heavy atom. The van der Waals surface area contributed by atoms with Crippen molar-refractivity contribution in [3.05, 3.63) is 0 Å². The quantitative estimate of drug-likeness (QED) is 0.798. The fraction of sp³-hybridized carbons (Fsp3) is 0.778. The molecule has 0 aromatic heterocycles. The largest absolute Gasteiger partial charge is 0.330 e. The van der Waals surface area contributed by atoms with Gasteiger partial charge in [-0.2, -0.15) is 0 Å². The lowest BCUT2D eigenvalue weighted by Crippen LogP contribution is -2.62. The highest BCUT2D eigenvalue weighted by Crippen LogP contribution is 2.17. The highest BCUT2D eigenvalue weighted by atomic mass is 32.2. The van der Waals surface area contributed by atoms with E-state index in [2.05, 4.69) is 12.2 Å². The van der Waals surface area contributed by atoms with E-state index < -0.39 is 0 Å². The molecule has 1 aliphatic rings. The van der Waals surface area contributed by atoms with Gasteiger partial charge in [0, 0.05) is 13.6 Å². The minimum absolute atomic E-state index is 0.216. The zero-order valence-electron chi connectivity index (χ0n) is 9.32. The van der Waals surface area contributed by atoms with E-state index in [1.165, 1.54) is 18.8 Å². The molecule has 1 heterocycles. The van der Waals surface area contributed by atoms with Gasteiger partial charge >= 0.3 is 12.1 Å². The molecule has 0 aromatic rings. The van der Waals surface area contributed by atoms with Crippen LogP contribution in [-0.4, -0.2) is 47.2 Å². The molecule has 6 heteroatoms. The summed E-state index contributed by atoms with van der Waals surface area (Å²) in [6.07, 6.45) is 3.86. The molecule has 1 N–H and O–H groups in total. The number of amides is 4. The first-order chi connectivity index (χ1) is 7.11. The van der Waals surface area contributed by atoms with Crippen molar-refractivity contribution in [2.45, 2.75) is 25.3 Å². The van der Waals surface area contributed by atoms with Crippen LogP contribution >= 0.6 is 11.8 Å². The number of carbonyl (C=O) groups excluding carboxylic acids is 2. The van der Waals surface area contributed by atoms with Gasteiger partial charge in [-0.3, -0.25) is 4.90 Å². The second-order valence-corrected chi connectivity index (χ2v) is 4.34. The molecule has 1 rings (SSSR count). The Hall–Kier alpha value is -0.910. The van der Waals surface area contributed by atoms with Crippen LogP contribution in [0.1, 0.15) is 19.8 Å². The Morgan fingerprint density at radius 2 is 2.13 bits per heavy atom. The van der Waals surface area contributed by atoms with Crippen molar-refractivity contribution in [3.63, 3.8) is 0 Å². The summed E-state index contributed by atoms with van der Waals surface area (Å²) >= 11 is 1.46. The molecule has 1 atom stereocenters. The zero-order valence-corrected chi connectivity index (χ0v) is 10.1. The second-order valence-electron chi connectivity index (χ2n) is 3.43. The number of carbonyl (C=O) groups is 2. The molecule has 1 fully saturated rings. The van der Waals surface area contributed by atoms with Crippen LogP contribution in [0.25, 0.3) is 0 Å². The molecule has 1 saturated heterocycles. The minimum Gasteiger partial charge on any atom is -0.308 e. The van der Waals surface area contributed by atoms with Gasteiger partial charge in [-0.1, -0.05) is 13.3 Å². The fourth-order valence-corrected chi connectivity index (χ4v) is 2.06. The van der Waals surface area contributed by atoms with E-state index in [9.17, 15) is 9.59 Å². The Balaban J connectivity index is 2.71. The van der Waals surface area contributed by atoms with Crippen LogP contribution in [0, 0.1) is 0 Å². The maximum Gasteiger partial charge on any atom is 0.330 e. The number of urea groups is 2. The topological polar surface area (TPSA) is 52.7 Å². The van der Waals surface area contributed by atoms with Crippen LogP contribution in [0.3, 0.4) is 0 Å². The SMILES string of the molecule is CCCCN1C(=O)N(C)C(=O)NC1SC. The van der Waals surface area contributed by atoms with Gasteiger partial charge in [0.1, 0.15) is 0 Å². The third-order valence-electron chi connectivity index (χ3n) is 2.34.